The first-order valence-electron chi connectivity index (χ1n) is 6.66. The summed E-state index contributed by atoms with van der Waals surface area (Å²) in [6, 6.07) is 0.873. The zero-order valence-electron chi connectivity index (χ0n) is 10.6. The molecule has 0 amide bonds. The van der Waals surface area contributed by atoms with Crippen LogP contribution in [-0.4, -0.2) is 34.6 Å². The molecule has 0 spiro atoms. The second-order valence-electron chi connectivity index (χ2n) is 4.84. The molecule has 1 heterocycles. The molecule has 2 atom stereocenters. The Hall–Kier alpha value is -0.570. The maximum absolute atomic E-state index is 10.9. The van der Waals surface area contributed by atoms with Crippen LogP contribution < -0.4 is 0 Å². The number of rotatable bonds is 6. The number of piperidine rings is 1. The molecule has 1 aliphatic rings. The van der Waals surface area contributed by atoms with Crippen molar-refractivity contribution >= 4 is 5.97 Å². The third-order valence-electron chi connectivity index (χ3n) is 3.65. The van der Waals surface area contributed by atoms with Crippen LogP contribution in [0, 0.1) is 0 Å². The number of nitrogens with zero attached hydrogens (tertiary/aromatic N) is 1. The second kappa shape index (κ2) is 6.89. The largest absolute Gasteiger partial charge is 0.481 e. The Bertz CT molecular complexity index is 218. The number of aliphatic carboxylic acids is 1. The van der Waals surface area contributed by atoms with E-state index < -0.39 is 5.97 Å². The summed E-state index contributed by atoms with van der Waals surface area (Å²) < 4.78 is 0. The van der Waals surface area contributed by atoms with Crippen molar-refractivity contribution < 1.29 is 9.90 Å². The zero-order chi connectivity index (χ0) is 12.0. The van der Waals surface area contributed by atoms with Crippen LogP contribution in [0.3, 0.4) is 0 Å². The lowest BCUT2D eigenvalue weighted by molar-refractivity contribution is -0.139. The lowest BCUT2D eigenvalue weighted by Crippen LogP contribution is -2.46. The fraction of sp³-hybridized carbons (Fsp3) is 0.923. The van der Waals surface area contributed by atoms with Crippen LogP contribution in [-0.2, 0) is 4.79 Å². The highest BCUT2D eigenvalue weighted by Crippen LogP contribution is 2.25. The molecule has 1 aliphatic heterocycles. The average molecular weight is 227 g/mol. The van der Waals surface area contributed by atoms with Gasteiger partial charge in [0.05, 0.1) is 6.42 Å². The van der Waals surface area contributed by atoms with Gasteiger partial charge in [-0.1, -0.05) is 26.7 Å². The van der Waals surface area contributed by atoms with Crippen molar-refractivity contribution in [3.8, 4) is 0 Å². The smallest absolute Gasteiger partial charge is 0.304 e. The highest BCUT2D eigenvalue weighted by Gasteiger charge is 2.28. The van der Waals surface area contributed by atoms with Crippen molar-refractivity contribution in [3.63, 3.8) is 0 Å². The van der Waals surface area contributed by atoms with Crippen molar-refractivity contribution in [2.45, 2.75) is 70.9 Å². The van der Waals surface area contributed by atoms with Gasteiger partial charge in [0, 0.05) is 12.1 Å². The topological polar surface area (TPSA) is 40.5 Å². The molecule has 1 saturated heterocycles. The standard InChI is InChI=1S/C13H25NO2/c1-3-7-11(4-2)14-9-6-5-8-12(14)10-13(15)16/h11-12H,3-10H2,1-2H3,(H,15,16). The quantitative estimate of drug-likeness (QED) is 0.758. The van der Waals surface area contributed by atoms with Gasteiger partial charge in [-0.05, 0) is 32.2 Å². The highest BCUT2D eigenvalue weighted by molar-refractivity contribution is 5.67. The van der Waals surface area contributed by atoms with Crippen molar-refractivity contribution in [1.29, 1.82) is 0 Å². The predicted octanol–water partition coefficient (Wildman–Crippen LogP) is 2.89. The van der Waals surface area contributed by atoms with Crippen LogP contribution in [0.1, 0.15) is 58.8 Å². The first-order chi connectivity index (χ1) is 7.69. The van der Waals surface area contributed by atoms with Gasteiger partial charge in [-0.25, -0.2) is 0 Å². The van der Waals surface area contributed by atoms with Gasteiger partial charge in [0.25, 0.3) is 0 Å². The molecular formula is C13H25NO2. The Kier molecular flexibility index (Phi) is 5.81. The number of hydrogen-bond acceptors (Lipinski definition) is 2. The summed E-state index contributed by atoms with van der Waals surface area (Å²) in [5.41, 5.74) is 0. The zero-order valence-corrected chi connectivity index (χ0v) is 10.6. The number of carboxylic acid groups (broad SMARTS) is 1. The maximum atomic E-state index is 10.9. The predicted molar refractivity (Wildman–Crippen MR) is 65.6 cm³/mol. The van der Waals surface area contributed by atoms with Gasteiger partial charge in [0.15, 0.2) is 0 Å². The summed E-state index contributed by atoms with van der Waals surface area (Å²) in [6.07, 6.45) is 7.34. The Balaban J connectivity index is 2.60. The van der Waals surface area contributed by atoms with E-state index in [0.717, 1.165) is 19.4 Å². The Morgan fingerprint density at radius 1 is 1.44 bits per heavy atom. The molecule has 0 aromatic carbocycles. The summed E-state index contributed by atoms with van der Waals surface area (Å²) in [7, 11) is 0. The van der Waals surface area contributed by atoms with Crippen LogP contribution >= 0.6 is 0 Å². The van der Waals surface area contributed by atoms with E-state index in [1.807, 2.05) is 0 Å². The summed E-state index contributed by atoms with van der Waals surface area (Å²) in [4.78, 5) is 13.3. The van der Waals surface area contributed by atoms with Crippen LogP contribution in [0.15, 0.2) is 0 Å². The molecule has 0 aliphatic carbocycles. The second-order valence-corrected chi connectivity index (χ2v) is 4.84. The number of likely N-dealkylation sites (tertiary alicyclic amines) is 1. The summed E-state index contributed by atoms with van der Waals surface area (Å²) in [5, 5.41) is 8.94. The number of hydrogen-bond donors (Lipinski definition) is 1. The van der Waals surface area contributed by atoms with Gasteiger partial charge >= 0.3 is 5.97 Å². The van der Waals surface area contributed by atoms with Crippen LogP contribution in [0.25, 0.3) is 0 Å². The molecule has 0 aromatic rings. The van der Waals surface area contributed by atoms with Crippen LogP contribution in [0.5, 0.6) is 0 Å². The molecule has 0 saturated carbocycles. The third-order valence-corrected chi connectivity index (χ3v) is 3.65. The van der Waals surface area contributed by atoms with E-state index in [0.29, 0.717) is 12.5 Å². The van der Waals surface area contributed by atoms with E-state index in [9.17, 15) is 4.79 Å². The average Bonchev–Trinajstić information content (AvgIpc) is 2.26. The van der Waals surface area contributed by atoms with Crippen molar-refractivity contribution in [1.82, 2.24) is 4.90 Å². The minimum atomic E-state index is -0.650. The van der Waals surface area contributed by atoms with E-state index >= 15 is 0 Å². The Morgan fingerprint density at radius 3 is 2.75 bits per heavy atom. The first-order valence-corrected chi connectivity index (χ1v) is 6.66. The maximum Gasteiger partial charge on any atom is 0.304 e. The molecule has 16 heavy (non-hydrogen) atoms. The van der Waals surface area contributed by atoms with Gasteiger partial charge < -0.3 is 5.11 Å². The Labute approximate surface area is 98.8 Å². The van der Waals surface area contributed by atoms with E-state index in [-0.39, 0.29) is 6.04 Å². The number of carboxylic acids is 1. The summed E-state index contributed by atoms with van der Waals surface area (Å²) in [6.45, 7) is 5.52. The van der Waals surface area contributed by atoms with E-state index in [2.05, 4.69) is 18.7 Å². The lowest BCUT2D eigenvalue weighted by atomic mass is 9.95. The number of carbonyl (C=O) groups is 1. The lowest BCUT2D eigenvalue weighted by Gasteiger charge is -2.40. The summed E-state index contributed by atoms with van der Waals surface area (Å²) >= 11 is 0. The minimum absolute atomic E-state index is 0.280. The molecule has 1 fully saturated rings. The Morgan fingerprint density at radius 2 is 2.19 bits per heavy atom. The molecule has 3 nitrogen and oxygen atoms in total. The summed E-state index contributed by atoms with van der Waals surface area (Å²) in [5.74, 6) is -0.650. The van der Waals surface area contributed by atoms with E-state index in [1.165, 1.54) is 25.7 Å². The molecule has 0 aromatic heterocycles. The fourth-order valence-electron chi connectivity index (χ4n) is 2.86. The van der Waals surface area contributed by atoms with Crippen molar-refractivity contribution in [2.24, 2.45) is 0 Å². The monoisotopic (exact) mass is 227 g/mol. The molecule has 0 radical (unpaired) electrons. The molecule has 1 N–H and O–H groups in total. The van der Waals surface area contributed by atoms with Gasteiger partial charge in [0.1, 0.15) is 0 Å². The molecule has 1 rings (SSSR count). The van der Waals surface area contributed by atoms with Gasteiger partial charge in [-0.15, -0.1) is 0 Å². The molecule has 0 bridgehead atoms. The third kappa shape index (κ3) is 3.78. The van der Waals surface area contributed by atoms with Gasteiger partial charge in [0.2, 0.25) is 0 Å². The SMILES string of the molecule is CCCC(CC)N1CCCCC1CC(=O)O. The van der Waals surface area contributed by atoms with Crippen molar-refractivity contribution in [2.75, 3.05) is 6.54 Å². The van der Waals surface area contributed by atoms with Gasteiger partial charge in [-0.2, -0.15) is 0 Å². The molecule has 2 unspecified atom stereocenters. The normalized spacial score (nSPS) is 24.2. The highest BCUT2D eigenvalue weighted by atomic mass is 16.4. The molecule has 94 valence electrons. The van der Waals surface area contributed by atoms with Crippen LogP contribution in [0.2, 0.25) is 0 Å². The van der Waals surface area contributed by atoms with Crippen molar-refractivity contribution in [3.05, 3.63) is 0 Å². The van der Waals surface area contributed by atoms with E-state index in [4.69, 9.17) is 5.11 Å². The van der Waals surface area contributed by atoms with E-state index in [1.54, 1.807) is 0 Å². The molecule has 3 heteroatoms. The molecular weight excluding hydrogens is 202 g/mol. The minimum Gasteiger partial charge on any atom is -0.481 e. The van der Waals surface area contributed by atoms with Gasteiger partial charge in [-0.3, -0.25) is 9.69 Å². The fourth-order valence-corrected chi connectivity index (χ4v) is 2.86. The first kappa shape index (κ1) is 13.5. The van der Waals surface area contributed by atoms with Crippen LogP contribution in [0.4, 0.5) is 0 Å².